The lowest BCUT2D eigenvalue weighted by atomic mass is 9.85. The van der Waals surface area contributed by atoms with Gasteiger partial charge in [0.15, 0.2) is 0 Å². The van der Waals surface area contributed by atoms with Crippen molar-refractivity contribution in [3.8, 4) is 6.07 Å². The van der Waals surface area contributed by atoms with E-state index in [-0.39, 0.29) is 0 Å². The average Bonchev–Trinajstić information content (AvgIpc) is 2.28. The van der Waals surface area contributed by atoms with E-state index >= 15 is 0 Å². The molecule has 0 fully saturated rings. The maximum absolute atomic E-state index is 9.05. The molecule has 0 aliphatic rings. The fourth-order valence-corrected chi connectivity index (χ4v) is 1.54. The van der Waals surface area contributed by atoms with E-state index in [1.807, 2.05) is 44.2 Å². The molecule has 0 amide bonds. The Hall–Kier alpha value is -1.81. The molecule has 73 valence electrons. The third kappa shape index (κ3) is 1.71. The van der Waals surface area contributed by atoms with Crippen LogP contribution in [0.1, 0.15) is 19.4 Å². The van der Waals surface area contributed by atoms with Crippen molar-refractivity contribution in [2.45, 2.75) is 19.3 Å². The predicted molar refractivity (Wildman–Crippen MR) is 61.4 cm³/mol. The molecule has 0 saturated heterocycles. The van der Waals surface area contributed by atoms with Crippen molar-refractivity contribution in [1.29, 1.82) is 5.26 Å². The fraction of sp³-hybridized carbons (Fsp3) is 0.214. The van der Waals surface area contributed by atoms with Crippen LogP contribution in [-0.4, -0.2) is 0 Å². The summed E-state index contributed by atoms with van der Waals surface area (Å²) in [6, 6.07) is 17.7. The predicted octanol–water partition coefficient (Wildman–Crippen LogP) is 3.44. The topological polar surface area (TPSA) is 23.8 Å². The second kappa shape index (κ2) is 3.40. The second-order valence-electron chi connectivity index (χ2n) is 4.20. The fourth-order valence-electron chi connectivity index (χ4n) is 1.54. The van der Waals surface area contributed by atoms with Crippen LogP contribution < -0.4 is 0 Å². The van der Waals surface area contributed by atoms with Crippen molar-refractivity contribution in [3.63, 3.8) is 0 Å². The Morgan fingerprint density at radius 2 is 1.87 bits per heavy atom. The number of hydrogen-bond donors (Lipinski definition) is 0. The molecule has 0 saturated carbocycles. The summed E-state index contributed by atoms with van der Waals surface area (Å²) in [4.78, 5) is 0. The average molecular weight is 194 g/mol. The van der Waals surface area contributed by atoms with Gasteiger partial charge in [0.2, 0.25) is 0 Å². The van der Waals surface area contributed by atoms with E-state index in [0.717, 1.165) is 16.3 Å². The van der Waals surface area contributed by atoms with Gasteiger partial charge in [-0.15, -0.1) is 0 Å². The maximum Gasteiger partial charge on any atom is 0.0772 e. The first-order valence-corrected chi connectivity index (χ1v) is 4.96. The van der Waals surface area contributed by atoms with Gasteiger partial charge in [-0.25, -0.2) is 0 Å². The highest BCUT2D eigenvalue weighted by Gasteiger charge is 2.19. The van der Waals surface area contributed by atoms with Crippen LogP contribution in [0.2, 0.25) is 0 Å². The molecule has 0 heterocycles. The van der Waals surface area contributed by atoms with Gasteiger partial charge < -0.3 is 0 Å². The van der Waals surface area contributed by atoms with Gasteiger partial charge in [0, 0.05) is 0 Å². The molecule has 1 heteroatoms. The molecule has 0 N–H and O–H groups in total. The highest BCUT2D eigenvalue weighted by Crippen LogP contribution is 2.25. The van der Waals surface area contributed by atoms with Gasteiger partial charge in [-0.2, -0.15) is 5.26 Å². The minimum Gasteiger partial charge on any atom is -0.197 e. The molecule has 0 aromatic heterocycles. The summed E-state index contributed by atoms with van der Waals surface area (Å²) in [5.41, 5.74) is 0.480. The molecule has 1 nitrogen and oxygen atoms in total. The molecule has 0 atom stereocenters. The first-order chi connectivity index (χ1) is 7.13. The summed E-state index contributed by atoms with van der Waals surface area (Å²) in [7, 11) is 0. The molecular weight excluding hydrogens is 182 g/mol. The first-order valence-electron chi connectivity index (χ1n) is 4.96. The number of benzene rings is 2. The van der Waals surface area contributed by atoms with Crippen LogP contribution in [-0.2, 0) is 5.41 Å². The number of nitriles is 1. The zero-order valence-corrected chi connectivity index (χ0v) is 8.91. The van der Waals surface area contributed by atoms with Crippen molar-refractivity contribution in [1.82, 2.24) is 0 Å². The Balaban J connectivity index is 2.63. The van der Waals surface area contributed by atoms with Crippen molar-refractivity contribution >= 4 is 10.8 Å². The lowest BCUT2D eigenvalue weighted by Crippen LogP contribution is -2.13. The quantitative estimate of drug-likeness (QED) is 0.682. The summed E-state index contributed by atoms with van der Waals surface area (Å²) in [5.74, 6) is 0. The number of rotatable bonds is 1. The Morgan fingerprint density at radius 1 is 1.13 bits per heavy atom. The van der Waals surface area contributed by atoms with Crippen LogP contribution in [0.25, 0.3) is 10.8 Å². The molecule has 1 radical (unpaired) electrons. The SMILES string of the molecule is CC(C)(C#N)c1[c]c2ccccc2cc1. The van der Waals surface area contributed by atoms with E-state index < -0.39 is 5.41 Å². The third-order valence-electron chi connectivity index (χ3n) is 2.61. The highest BCUT2D eigenvalue weighted by atomic mass is 14.3. The van der Waals surface area contributed by atoms with Gasteiger partial charge in [0.05, 0.1) is 11.5 Å². The van der Waals surface area contributed by atoms with E-state index in [2.05, 4.69) is 18.2 Å². The minimum absolute atomic E-state index is 0.468. The van der Waals surface area contributed by atoms with Gasteiger partial charge in [0.1, 0.15) is 0 Å². The summed E-state index contributed by atoms with van der Waals surface area (Å²) in [5, 5.41) is 11.3. The van der Waals surface area contributed by atoms with Crippen LogP contribution in [0.4, 0.5) is 0 Å². The lowest BCUT2D eigenvalue weighted by molar-refractivity contribution is 0.687. The number of fused-ring (bicyclic) bond motifs is 1. The normalized spacial score (nSPS) is 11.3. The smallest absolute Gasteiger partial charge is 0.0772 e. The van der Waals surface area contributed by atoms with Crippen molar-refractivity contribution in [3.05, 3.63) is 48.0 Å². The monoisotopic (exact) mass is 194 g/mol. The molecule has 0 unspecified atom stereocenters. The van der Waals surface area contributed by atoms with Crippen LogP contribution in [0.5, 0.6) is 0 Å². The van der Waals surface area contributed by atoms with Crippen LogP contribution in [0, 0.1) is 17.4 Å². The van der Waals surface area contributed by atoms with Crippen LogP contribution in [0.15, 0.2) is 36.4 Å². The summed E-state index contributed by atoms with van der Waals surface area (Å²) in [6.07, 6.45) is 0. The highest BCUT2D eigenvalue weighted by molar-refractivity contribution is 5.82. The van der Waals surface area contributed by atoms with Gasteiger partial charge in [-0.1, -0.05) is 36.4 Å². The van der Waals surface area contributed by atoms with Crippen molar-refractivity contribution in [2.75, 3.05) is 0 Å². The summed E-state index contributed by atoms with van der Waals surface area (Å²) >= 11 is 0. The van der Waals surface area contributed by atoms with Gasteiger partial charge in [0.25, 0.3) is 0 Å². The van der Waals surface area contributed by atoms with E-state index in [1.54, 1.807) is 0 Å². The van der Waals surface area contributed by atoms with E-state index in [9.17, 15) is 0 Å². The molecule has 2 aromatic carbocycles. The Morgan fingerprint density at radius 3 is 2.60 bits per heavy atom. The van der Waals surface area contributed by atoms with Crippen molar-refractivity contribution < 1.29 is 0 Å². The lowest BCUT2D eigenvalue weighted by Gasteiger charge is -2.15. The molecule has 2 aromatic rings. The Kier molecular flexibility index (Phi) is 2.21. The van der Waals surface area contributed by atoms with Gasteiger partial charge >= 0.3 is 0 Å². The molecule has 2 rings (SSSR count). The second-order valence-corrected chi connectivity index (χ2v) is 4.20. The zero-order chi connectivity index (χ0) is 10.9. The van der Waals surface area contributed by atoms with Crippen molar-refractivity contribution in [2.24, 2.45) is 0 Å². The minimum atomic E-state index is -0.468. The Bertz CT molecular complexity index is 532. The van der Waals surface area contributed by atoms with Gasteiger partial charge in [-0.05, 0) is 36.2 Å². The Labute approximate surface area is 90.0 Å². The molecule has 0 bridgehead atoms. The molecule has 0 aliphatic heterocycles. The van der Waals surface area contributed by atoms with Crippen LogP contribution in [0.3, 0.4) is 0 Å². The van der Waals surface area contributed by atoms with E-state index in [1.165, 1.54) is 0 Å². The molecule has 0 aliphatic carbocycles. The van der Waals surface area contributed by atoms with E-state index in [0.29, 0.717) is 0 Å². The van der Waals surface area contributed by atoms with Gasteiger partial charge in [-0.3, -0.25) is 0 Å². The third-order valence-corrected chi connectivity index (χ3v) is 2.61. The standard InChI is InChI=1S/C14H12N/c1-14(2,10-15)13-8-7-11-5-3-4-6-12(11)9-13/h3-8H,1-2H3. The molecular formula is C14H12N. The van der Waals surface area contributed by atoms with E-state index in [4.69, 9.17) is 5.26 Å². The summed E-state index contributed by atoms with van der Waals surface area (Å²) < 4.78 is 0. The number of nitrogens with zero attached hydrogens (tertiary/aromatic N) is 1. The zero-order valence-electron chi connectivity index (χ0n) is 8.91. The first kappa shape index (κ1) is 9.73. The van der Waals surface area contributed by atoms with Crippen LogP contribution >= 0.6 is 0 Å². The molecule has 0 spiro atoms. The molecule has 15 heavy (non-hydrogen) atoms. The largest absolute Gasteiger partial charge is 0.197 e. The summed E-state index contributed by atoms with van der Waals surface area (Å²) in [6.45, 7) is 3.82. The number of hydrogen-bond acceptors (Lipinski definition) is 1. The maximum atomic E-state index is 9.05.